The first-order chi connectivity index (χ1) is 8.66. The van der Waals surface area contributed by atoms with Crippen molar-refractivity contribution < 1.29 is 0 Å². The summed E-state index contributed by atoms with van der Waals surface area (Å²) in [6.07, 6.45) is 4.50. The smallest absolute Gasteiger partial charge is 0.128 e. The average Bonchev–Trinajstić information content (AvgIpc) is 2.38. The third-order valence-corrected chi connectivity index (χ3v) is 3.95. The van der Waals surface area contributed by atoms with Crippen molar-refractivity contribution in [1.82, 2.24) is 10.3 Å². The molecule has 1 N–H and O–H groups in total. The van der Waals surface area contributed by atoms with Gasteiger partial charge in [0, 0.05) is 23.3 Å². The Morgan fingerprint density at radius 1 is 1.50 bits per heavy atom. The Bertz CT molecular complexity index is 358. The molecule has 4 heteroatoms. The van der Waals surface area contributed by atoms with Gasteiger partial charge in [-0.2, -0.15) is 0 Å². The summed E-state index contributed by atoms with van der Waals surface area (Å²) in [5.74, 6) is 1.82. The second-order valence-corrected chi connectivity index (χ2v) is 6.21. The minimum Gasteiger partial charge on any atom is -0.354 e. The van der Waals surface area contributed by atoms with Crippen LogP contribution >= 0.6 is 15.9 Å². The number of aromatic nitrogens is 1. The molecule has 0 amide bonds. The maximum Gasteiger partial charge on any atom is 0.128 e. The lowest BCUT2D eigenvalue weighted by Crippen LogP contribution is -2.41. The summed E-state index contributed by atoms with van der Waals surface area (Å²) in [5, 5.41) is 3.49. The van der Waals surface area contributed by atoms with E-state index in [9.17, 15) is 0 Å². The highest BCUT2D eigenvalue weighted by Gasteiger charge is 2.19. The van der Waals surface area contributed by atoms with Crippen LogP contribution < -0.4 is 10.2 Å². The predicted molar refractivity (Wildman–Crippen MR) is 80.0 cm³/mol. The average molecular weight is 312 g/mol. The number of pyridine rings is 1. The van der Waals surface area contributed by atoms with Gasteiger partial charge in [0.2, 0.25) is 0 Å². The molecule has 1 saturated heterocycles. The van der Waals surface area contributed by atoms with E-state index in [1.807, 2.05) is 6.20 Å². The van der Waals surface area contributed by atoms with Crippen molar-refractivity contribution >= 4 is 21.7 Å². The zero-order chi connectivity index (χ0) is 13.0. The van der Waals surface area contributed by atoms with Crippen LogP contribution in [-0.4, -0.2) is 30.7 Å². The standard InChI is InChI=1S/C14H22BrN3/c1-11(2)18(10-12-4-3-7-16-8-12)14-6-5-13(15)9-17-14/h5-6,9,11-12,16H,3-4,7-8,10H2,1-2H3. The molecule has 1 aliphatic rings. The molecule has 1 aliphatic heterocycles. The van der Waals surface area contributed by atoms with Crippen LogP contribution in [0, 0.1) is 5.92 Å². The molecule has 0 aromatic carbocycles. The first-order valence-corrected chi connectivity index (χ1v) is 7.55. The van der Waals surface area contributed by atoms with Crippen LogP contribution in [0.25, 0.3) is 0 Å². The van der Waals surface area contributed by atoms with Crippen molar-refractivity contribution in [1.29, 1.82) is 0 Å². The number of nitrogens with one attached hydrogen (secondary N) is 1. The molecule has 18 heavy (non-hydrogen) atoms. The van der Waals surface area contributed by atoms with Gasteiger partial charge < -0.3 is 10.2 Å². The molecular formula is C14H22BrN3. The Kier molecular flexibility index (Phi) is 5.01. The Labute approximate surface area is 118 Å². The number of nitrogens with zero attached hydrogens (tertiary/aromatic N) is 2. The Morgan fingerprint density at radius 3 is 2.89 bits per heavy atom. The molecule has 1 aromatic heterocycles. The summed E-state index contributed by atoms with van der Waals surface area (Å²) in [5.41, 5.74) is 0. The van der Waals surface area contributed by atoms with Gasteiger partial charge in [-0.3, -0.25) is 0 Å². The van der Waals surface area contributed by atoms with E-state index in [2.05, 4.69) is 57.1 Å². The van der Waals surface area contributed by atoms with Crippen molar-refractivity contribution in [2.24, 2.45) is 5.92 Å². The minimum atomic E-state index is 0.487. The third kappa shape index (κ3) is 3.69. The zero-order valence-electron chi connectivity index (χ0n) is 11.2. The van der Waals surface area contributed by atoms with Crippen LogP contribution in [0.1, 0.15) is 26.7 Å². The Morgan fingerprint density at radius 2 is 2.33 bits per heavy atom. The SMILES string of the molecule is CC(C)N(CC1CCCNC1)c1ccc(Br)cn1. The van der Waals surface area contributed by atoms with Gasteiger partial charge in [-0.25, -0.2) is 4.98 Å². The molecule has 0 saturated carbocycles. The summed E-state index contributed by atoms with van der Waals surface area (Å²) in [6, 6.07) is 4.65. The van der Waals surface area contributed by atoms with Crippen molar-refractivity contribution in [3.05, 3.63) is 22.8 Å². The summed E-state index contributed by atoms with van der Waals surface area (Å²) >= 11 is 3.44. The highest BCUT2D eigenvalue weighted by atomic mass is 79.9. The van der Waals surface area contributed by atoms with E-state index in [1.54, 1.807) is 0 Å². The summed E-state index contributed by atoms with van der Waals surface area (Å²) in [7, 11) is 0. The van der Waals surface area contributed by atoms with Gasteiger partial charge in [0.15, 0.2) is 0 Å². The second kappa shape index (κ2) is 6.53. The monoisotopic (exact) mass is 311 g/mol. The van der Waals surface area contributed by atoms with Crippen molar-refractivity contribution in [3.63, 3.8) is 0 Å². The number of hydrogen-bond donors (Lipinski definition) is 1. The van der Waals surface area contributed by atoms with Gasteiger partial charge in [0.25, 0.3) is 0 Å². The highest BCUT2D eigenvalue weighted by molar-refractivity contribution is 9.10. The van der Waals surface area contributed by atoms with Crippen LogP contribution in [0.4, 0.5) is 5.82 Å². The summed E-state index contributed by atoms with van der Waals surface area (Å²) in [4.78, 5) is 6.93. The zero-order valence-corrected chi connectivity index (χ0v) is 12.8. The van der Waals surface area contributed by atoms with Crippen molar-refractivity contribution in [3.8, 4) is 0 Å². The van der Waals surface area contributed by atoms with Crippen LogP contribution in [0.3, 0.4) is 0 Å². The first-order valence-electron chi connectivity index (χ1n) is 6.75. The third-order valence-electron chi connectivity index (χ3n) is 3.48. The first kappa shape index (κ1) is 13.8. The van der Waals surface area contributed by atoms with Crippen LogP contribution in [-0.2, 0) is 0 Å². The maximum atomic E-state index is 4.52. The van der Waals surface area contributed by atoms with Crippen molar-refractivity contribution in [2.45, 2.75) is 32.7 Å². The number of anilines is 1. The van der Waals surface area contributed by atoms with E-state index in [0.717, 1.165) is 29.3 Å². The number of rotatable bonds is 4. The fourth-order valence-electron chi connectivity index (χ4n) is 2.46. The predicted octanol–water partition coefficient (Wildman–Crippen LogP) is 3.06. The van der Waals surface area contributed by atoms with Gasteiger partial charge in [-0.1, -0.05) is 0 Å². The molecule has 1 aromatic rings. The summed E-state index contributed by atoms with van der Waals surface area (Å²) in [6.45, 7) is 7.88. The van der Waals surface area contributed by atoms with Gasteiger partial charge >= 0.3 is 0 Å². The van der Waals surface area contributed by atoms with Gasteiger partial charge in [-0.05, 0) is 73.8 Å². The van der Waals surface area contributed by atoms with E-state index in [0.29, 0.717) is 6.04 Å². The van der Waals surface area contributed by atoms with E-state index in [4.69, 9.17) is 0 Å². The van der Waals surface area contributed by atoms with Crippen LogP contribution in [0.5, 0.6) is 0 Å². The normalized spacial score (nSPS) is 20.1. The molecule has 3 nitrogen and oxygen atoms in total. The van der Waals surface area contributed by atoms with Crippen molar-refractivity contribution in [2.75, 3.05) is 24.5 Å². The molecule has 0 aliphatic carbocycles. The maximum absolute atomic E-state index is 4.52. The molecule has 0 spiro atoms. The van der Waals surface area contributed by atoms with Gasteiger partial charge in [-0.15, -0.1) is 0 Å². The Hall–Kier alpha value is -0.610. The van der Waals surface area contributed by atoms with E-state index in [-0.39, 0.29) is 0 Å². The lowest BCUT2D eigenvalue weighted by Gasteiger charge is -2.33. The minimum absolute atomic E-state index is 0.487. The molecule has 2 heterocycles. The van der Waals surface area contributed by atoms with Crippen LogP contribution in [0.2, 0.25) is 0 Å². The quantitative estimate of drug-likeness (QED) is 0.926. The molecule has 1 atom stereocenters. The number of hydrogen-bond acceptors (Lipinski definition) is 3. The highest BCUT2D eigenvalue weighted by Crippen LogP contribution is 2.20. The topological polar surface area (TPSA) is 28.2 Å². The Balaban J connectivity index is 2.05. The molecule has 0 bridgehead atoms. The fourth-order valence-corrected chi connectivity index (χ4v) is 2.70. The fraction of sp³-hybridized carbons (Fsp3) is 0.643. The lowest BCUT2D eigenvalue weighted by atomic mass is 9.98. The number of halogens is 1. The van der Waals surface area contributed by atoms with E-state index in [1.165, 1.54) is 19.4 Å². The molecule has 1 fully saturated rings. The molecule has 0 radical (unpaired) electrons. The van der Waals surface area contributed by atoms with Gasteiger partial charge in [0.05, 0.1) is 0 Å². The molecule has 2 rings (SSSR count). The molecule has 1 unspecified atom stereocenters. The summed E-state index contributed by atoms with van der Waals surface area (Å²) < 4.78 is 1.04. The van der Waals surface area contributed by atoms with Gasteiger partial charge in [0.1, 0.15) is 5.82 Å². The van der Waals surface area contributed by atoms with E-state index >= 15 is 0 Å². The van der Waals surface area contributed by atoms with Crippen LogP contribution in [0.15, 0.2) is 22.8 Å². The molecular weight excluding hydrogens is 290 g/mol. The second-order valence-electron chi connectivity index (χ2n) is 5.29. The van der Waals surface area contributed by atoms with E-state index < -0.39 is 0 Å². The largest absolute Gasteiger partial charge is 0.354 e. The lowest BCUT2D eigenvalue weighted by molar-refractivity contribution is 0.370. The molecule has 100 valence electrons. The number of piperidine rings is 1.